The van der Waals surface area contributed by atoms with Crippen molar-refractivity contribution in [1.82, 2.24) is 10.3 Å². The van der Waals surface area contributed by atoms with Gasteiger partial charge in [0.15, 0.2) is 0 Å². The van der Waals surface area contributed by atoms with Crippen LogP contribution in [0.15, 0.2) is 18.3 Å². The minimum Gasteiger partial charge on any atom is -0.301 e. The molecule has 0 fully saturated rings. The summed E-state index contributed by atoms with van der Waals surface area (Å²) in [5.41, 5.74) is -1.30. The largest absolute Gasteiger partial charge is 0.301 e. The average molecular weight is 246 g/mol. The molecule has 1 aromatic rings. The predicted octanol–water partition coefficient (Wildman–Crippen LogP) is 3.09. The zero-order valence-corrected chi connectivity index (χ0v) is 10.0. The summed E-state index contributed by atoms with van der Waals surface area (Å²) in [7, 11) is 0. The van der Waals surface area contributed by atoms with Gasteiger partial charge in [-0.25, -0.2) is 13.2 Å². The van der Waals surface area contributed by atoms with Crippen LogP contribution in [0.5, 0.6) is 0 Å². The highest BCUT2D eigenvalue weighted by Crippen LogP contribution is 2.30. The molecule has 1 unspecified atom stereocenters. The molecule has 5 heteroatoms. The highest BCUT2D eigenvalue weighted by Gasteiger charge is 2.40. The van der Waals surface area contributed by atoms with Gasteiger partial charge in [-0.05, 0) is 31.5 Å². The first-order valence-corrected chi connectivity index (χ1v) is 5.72. The molecule has 2 nitrogen and oxygen atoms in total. The molecule has 1 aromatic heterocycles. The molecule has 96 valence electrons. The first-order valence-electron chi connectivity index (χ1n) is 5.72. The van der Waals surface area contributed by atoms with E-state index in [-0.39, 0.29) is 12.1 Å². The fourth-order valence-corrected chi connectivity index (χ4v) is 1.73. The van der Waals surface area contributed by atoms with E-state index in [4.69, 9.17) is 0 Å². The lowest BCUT2D eigenvalue weighted by Gasteiger charge is -2.32. The second-order valence-electron chi connectivity index (χ2n) is 3.91. The number of nitrogens with zero attached hydrogens (tertiary/aromatic N) is 1. The molecule has 0 saturated carbocycles. The van der Waals surface area contributed by atoms with Crippen LogP contribution in [0.3, 0.4) is 0 Å². The van der Waals surface area contributed by atoms with E-state index in [1.807, 2.05) is 6.92 Å². The third-order valence-corrected chi connectivity index (χ3v) is 2.81. The van der Waals surface area contributed by atoms with Crippen molar-refractivity contribution >= 4 is 0 Å². The molecule has 0 aromatic carbocycles. The maximum atomic E-state index is 13.3. The highest BCUT2D eigenvalue weighted by atomic mass is 19.3. The van der Waals surface area contributed by atoms with Gasteiger partial charge < -0.3 is 5.32 Å². The van der Waals surface area contributed by atoms with Crippen molar-refractivity contribution in [1.29, 1.82) is 0 Å². The Morgan fingerprint density at radius 1 is 1.35 bits per heavy atom. The van der Waals surface area contributed by atoms with Crippen LogP contribution in [0.25, 0.3) is 0 Å². The Balaban J connectivity index is 3.07. The van der Waals surface area contributed by atoms with Crippen molar-refractivity contribution < 1.29 is 13.2 Å². The van der Waals surface area contributed by atoms with Gasteiger partial charge in [-0.2, -0.15) is 0 Å². The van der Waals surface area contributed by atoms with E-state index in [0.29, 0.717) is 6.54 Å². The Morgan fingerprint density at radius 3 is 2.47 bits per heavy atom. The zero-order chi connectivity index (χ0) is 12.9. The fourth-order valence-electron chi connectivity index (χ4n) is 1.73. The van der Waals surface area contributed by atoms with Crippen molar-refractivity contribution in [2.24, 2.45) is 0 Å². The minimum absolute atomic E-state index is 0.185. The molecule has 17 heavy (non-hydrogen) atoms. The van der Waals surface area contributed by atoms with E-state index in [0.717, 1.165) is 18.7 Å². The van der Waals surface area contributed by atoms with Gasteiger partial charge in [0.2, 0.25) is 0 Å². The van der Waals surface area contributed by atoms with Gasteiger partial charge in [0.25, 0.3) is 6.43 Å². The first kappa shape index (κ1) is 14.0. The third kappa shape index (κ3) is 2.97. The van der Waals surface area contributed by atoms with Gasteiger partial charge in [0, 0.05) is 0 Å². The Labute approximate surface area is 99.3 Å². The molecule has 0 radical (unpaired) electrons. The lowest BCUT2D eigenvalue weighted by molar-refractivity contribution is 0.0218. The number of pyridine rings is 1. The lowest BCUT2D eigenvalue weighted by Crippen LogP contribution is -2.49. The number of alkyl halides is 2. The van der Waals surface area contributed by atoms with Crippen LogP contribution in [0, 0.1) is 5.82 Å². The van der Waals surface area contributed by atoms with Gasteiger partial charge in [0.1, 0.15) is 11.4 Å². The number of rotatable bonds is 6. The summed E-state index contributed by atoms with van der Waals surface area (Å²) >= 11 is 0. The second-order valence-corrected chi connectivity index (χ2v) is 3.91. The Kier molecular flexibility index (Phi) is 4.93. The molecule has 0 amide bonds. The number of aromatic nitrogens is 1. The fraction of sp³-hybridized carbons (Fsp3) is 0.583. The minimum atomic E-state index is -2.59. The van der Waals surface area contributed by atoms with E-state index in [1.165, 1.54) is 6.07 Å². The SMILES string of the molecule is CCCNC(CC)(c1ccc(F)cn1)C(F)F. The molecule has 0 saturated heterocycles. The summed E-state index contributed by atoms with van der Waals surface area (Å²) in [5.74, 6) is -0.525. The number of hydrogen-bond donors (Lipinski definition) is 1. The van der Waals surface area contributed by atoms with E-state index < -0.39 is 17.8 Å². The average Bonchev–Trinajstić information content (AvgIpc) is 2.32. The molecule has 0 aliphatic carbocycles. The van der Waals surface area contributed by atoms with Gasteiger partial charge in [-0.3, -0.25) is 4.98 Å². The molecule has 1 atom stereocenters. The van der Waals surface area contributed by atoms with Crippen molar-refractivity contribution in [3.63, 3.8) is 0 Å². The Morgan fingerprint density at radius 2 is 2.06 bits per heavy atom. The van der Waals surface area contributed by atoms with E-state index in [2.05, 4.69) is 10.3 Å². The highest BCUT2D eigenvalue weighted by molar-refractivity contribution is 5.17. The summed E-state index contributed by atoms with van der Waals surface area (Å²) in [4.78, 5) is 3.78. The molecule has 1 heterocycles. The van der Waals surface area contributed by atoms with Crippen molar-refractivity contribution in [3.8, 4) is 0 Å². The smallest absolute Gasteiger partial charge is 0.262 e. The summed E-state index contributed by atoms with van der Waals surface area (Å²) < 4.78 is 39.3. The molecule has 1 N–H and O–H groups in total. The topological polar surface area (TPSA) is 24.9 Å². The van der Waals surface area contributed by atoms with Crippen LogP contribution in [0.1, 0.15) is 32.4 Å². The molecule has 0 bridgehead atoms. The van der Waals surface area contributed by atoms with Crippen molar-refractivity contribution in [3.05, 3.63) is 29.8 Å². The van der Waals surface area contributed by atoms with Crippen LogP contribution in [0.2, 0.25) is 0 Å². The van der Waals surface area contributed by atoms with Crippen LogP contribution in [-0.2, 0) is 5.54 Å². The maximum Gasteiger partial charge on any atom is 0.262 e. The van der Waals surface area contributed by atoms with Gasteiger partial charge in [0.05, 0.1) is 11.9 Å². The molecular weight excluding hydrogens is 229 g/mol. The number of nitrogens with one attached hydrogen (secondary N) is 1. The number of hydrogen-bond acceptors (Lipinski definition) is 2. The third-order valence-electron chi connectivity index (χ3n) is 2.81. The second kappa shape index (κ2) is 6.00. The summed E-state index contributed by atoms with van der Waals surface area (Å²) in [6.45, 7) is 4.04. The molecule has 1 rings (SSSR count). The van der Waals surface area contributed by atoms with E-state index in [1.54, 1.807) is 6.92 Å². The molecule has 0 aliphatic rings. The summed E-state index contributed by atoms with van der Waals surface area (Å²) in [6, 6.07) is 2.47. The Bertz CT molecular complexity index is 340. The molecule has 0 spiro atoms. The maximum absolute atomic E-state index is 13.3. The van der Waals surface area contributed by atoms with Gasteiger partial charge >= 0.3 is 0 Å². The van der Waals surface area contributed by atoms with Crippen LogP contribution in [-0.4, -0.2) is 18.0 Å². The molecular formula is C12H17F3N2. The summed E-state index contributed by atoms with van der Waals surface area (Å²) in [5, 5.41) is 2.83. The number of halogens is 3. The predicted molar refractivity (Wildman–Crippen MR) is 60.5 cm³/mol. The van der Waals surface area contributed by atoms with E-state index >= 15 is 0 Å². The van der Waals surface area contributed by atoms with Crippen LogP contribution < -0.4 is 5.32 Å². The van der Waals surface area contributed by atoms with E-state index in [9.17, 15) is 13.2 Å². The van der Waals surface area contributed by atoms with Gasteiger partial charge in [-0.15, -0.1) is 0 Å². The van der Waals surface area contributed by atoms with Crippen LogP contribution in [0.4, 0.5) is 13.2 Å². The quantitative estimate of drug-likeness (QED) is 0.834. The standard InChI is InChI=1S/C12H17F3N2/c1-3-7-17-12(4-2,11(14)15)10-6-5-9(13)8-16-10/h5-6,8,11,17H,3-4,7H2,1-2H3. The molecule has 0 aliphatic heterocycles. The summed E-state index contributed by atoms with van der Waals surface area (Å²) in [6.07, 6.45) is -0.675. The Hall–Kier alpha value is -1.10. The van der Waals surface area contributed by atoms with Gasteiger partial charge in [-0.1, -0.05) is 13.8 Å². The lowest BCUT2D eigenvalue weighted by atomic mass is 9.91. The van der Waals surface area contributed by atoms with Crippen molar-refractivity contribution in [2.75, 3.05) is 6.54 Å². The normalized spacial score (nSPS) is 14.9. The first-order chi connectivity index (χ1) is 8.06. The monoisotopic (exact) mass is 246 g/mol. The van der Waals surface area contributed by atoms with Crippen LogP contribution >= 0.6 is 0 Å². The van der Waals surface area contributed by atoms with Crippen molar-refractivity contribution in [2.45, 2.75) is 38.7 Å². The zero-order valence-electron chi connectivity index (χ0n) is 10.0.